The molecule has 0 aromatic heterocycles. The Morgan fingerprint density at radius 1 is 1.08 bits per heavy atom. The Hall–Kier alpha value is -2.30. The average Bonchev–Trinajstić information content (AvgIpc) is 3.42. The number of hydrogen-bond acceptors (Lipinski definition) is 7. The number of rotatable bonds is 11. The highest BCUT2D eigenvalue weighted by Crippen LogP contribution is 2.33. The maximum Gasteiger partial charge on any atom is 0.242 e. The fraction of sp³-hybridized carbons (Fsp3) is 0.778. The van der Waals surface area contributed by atoms with E-state index >= 15 is 0 Å². The third kappa shape index (κ3) is 12.2. The van der Waals surface area contributed by atoms with E-state index in [9.17, 15) is 19.2 Å². The van der Waals surface area contributed by atoms with Gasteiger partial charge in [-0.1, -0.05) is 45.6 Å². The molecule has 3 atom stereocenters. The highest BCUT2D eigenvalue weighted by Gasteiger charge is 2.50. The summed E-state index contributed by atoms with van der Waals surface area (Å²) in [7, 11) is 0. The van der Waals surface area contributed by atoms with Crippen LogP contribution in [0.15, 0.2) is 12.7 Å². The molecular weight excluding hydrogens is 476 g/mol. The summed E-state index contributed by atoms with van der Waals surface area (Å²) in [6, 6.07) is -1.38. The maximum atomic E-state index is 12.8. The van der Waals surface area contributed by atoms with Gasteiger partial charge in [0.05, 0.1) is 39.0 Å². The molecule has 2 heterocycles. The van der Waals surface area contributed by atoms with Gasteiger partial charge in [0.15, 0.2) is 5.78 Å². The van der Waals surface area contributed by atoms with Gasteiger partial charge in [0.25, 0.3) is 0 Å². The minimum atomic E-state index is -0.806. The van der Waals surface area contributed by atoms with E-state index in [0.29, 0.717) is 45.2 Å². The monoisotopic (exact) mass is 524 g/mol. The zero-order valence-electron chi connectivity index (χ0n) is 23.4. The maximum absolute atomic E-state index is 12.8. The van der Waals surface area contributed by atoms with Crippen LogP contribution in [0.25, 0.3) is 0 Å². The minimum absolute atomic E-state index is 0.104. The van der Waals surface area contributed by atoms with E-state index in [2.05, 4.69) is 22.5 Å². The van der Waals surface area contributed by atoms with Crippen LogP contribution >= 0.6 is 0 Å². The summed E-state index contributed by atoms with van der Waals surface area (Å²) in [6.45, 7) is 15.4. The van der Waals surface area contributed by atoms with Crippen molar-refractivity contribution in [2.24, 2.45) is 5.92 Å². The number of nitrogens with zero attached hydrogens (tertiary/aromatic N) is 1. The van der Waals surface area contributed by atoms with Gasteiger partial charge in [0.2, 0.25) is 17.7 Å². The number of carbonyl (C=O) groups excluding carboxylic acids is 4. The molecule has 3 fully saturated rings. The molecule has 3 amide bonds. The molecule has 212 valence electrons. The van der Waals surface area contributed by atoms with Crippen LogP contribution < -0.4 is 16.0 Å². The van der Waals surface area contributed by atoms with Gasteiger partial charge < -0.3 is 25.4 Å². The third-order valence-electron chi connectivity index (χ3n) is 6.46. The summed E-state index contributed by atoms with van der Waals surface area (Å²) in [4.78, 5) is 51.7. The molecule has 3 unspecified atom stereocenters. The van der Waals surface area contributed by atoms with Crippen molar-refractivity contribution < 1.29 is 28.7 Å². The highest BCUT2D eigenvalue weighted by atomic mass is 16.6. The quantitative estimate of drug-likeness (QED) is 0.276. The van der Waals surface area contributed by atoms with Crippen LogP contribution in [0.4, 0.5) is 0 Å². The van der Waals surface area contributed by atoms with Crippen molar-refractivity contribution in [3.63, 3.8) is 0 Å². The van der Waals surface area contributed by atoms with Crippen LogP contribution in [0.1, 0.15) is 66.7 Å². The van der Waals surface area contributed by atoms with E-state index in [1.54, 1.807) is 19.9 Å². The summed E-state index contributed by atoms with van der Waals surface area (Å²) >= 11 is 0. The number of epoxide rings is 1. The zero-order chi connectivity index (χ0) is 27.8. The van der Waals surface area contributed by atoms with E-state index in [-0.39, 0.29) is 24.8 Å². The van der Waals surface area contributed by atoms with Gasteiger partial charge in [-0.3, -0.25) is 24.1 Å². The predicted molar refractivity (Wildman–Crippen MR) is 143 cm³/mol. The van der Waals surface area contributed by atoms with Crippen molar-refractivity contribution in [2.45, 2.75) is 84.4 Å². The van der Waals surface area contributed by atoms with Gasteiger partial charge in [-0.2, -0.15) is 0 Å². The summed E-state index contributed by atoms with van der Waals surface area (Å²) in [5.74, 6) is -0.813. The Labute approximate surface area is 222 Å². The number of carbonyl (C=O) groups is 4. The first-order valence-corrected chi connectivity index (χ1v) is 13.6. The zero-order valence-corrected chi connectivity index (χ0v) is 23.4. The first kappa shape index (κ1) is 32.7. The molecule has 0 bridgehead atoms. The number of ether oxygens (including phenoxy) is 2. The first-order valence-electron chi connectivity index (χ1n) is 13.6. The minimum Gasteiger partial charge on any atom is -0.379 e. The summed E-state index contributed by atoms with van der Waals surface area (Å²) < 4.78 is 10.5. The number of Topliss-reactive ketones (excluding diaryl/α,β-unsaturated/α-hetero) is 1. The fourth-order valence-corrected chi connectivity index (χ4v) is 4.31. The largest absolute Gasteiger partial charge is 0.379 e. The summed E-state index contributed by atoms with van der Waals surface area (Å²) in [5.41, 5.74) is -0.806. The lowest BCUT2D eigenvalue weighted by molar-refractivity contribution is -0.132. The number of ketones is 1. The number of amides is 3. The van der Waals surface area contributed by atoms with E-state index in [4.69, 9.17) is 9.47 Å². The second-order valence-electron chi connectivity index (χ2n) is 9.69. The fourth-order valence-electron chi connectivity index (χ4n) is 4.31. The van der Waals surface area contributed by atoms with Crippen molar-refractivity contribution in [1.29, 1.82) is 0 Å². The molecule has 10 heteroatoms. The lowest BCUT2D eigenvalue weighted by atomic mass is 9.91. The van der Waals surface area contributed by atoms with E-state index in [1.807, 2.05) is 25.7 Å². The average molecular weight is 525 g/mol. The Morgan fingerprint density at radius 2 is 1.65 bits per heavy atom. The topological polar surface area (TPSA) is 129 Å². The highest BCUT2D eigenvalue weighted by molar-refractivity contribution is 5.97. The van der Waals surface area contributed by atoms with Crippen LogP contribution in [0, 0.1) is 5.92 Å². The van der Waals surface area contributed by atoms with E-state index in [0.717, 1.165) is 25.7 Å². The number of morpholine rings is 1. The standard InChI is InChI=1S/C22H36N4O6.C3H6.C2H6/c1-15(24-19(28)13-26-7-9-31-10-8-26)21(30)23-12-18(27)25-17(11-16-5-3-4-6-16)20(29)22(2)14-32-22;1-3-2;1-2/h15-17H,3-14H2,1-2H3,(H,23,30)(H,24,28)(H,25,27);3H,1H2,2H3;1-2H3. The van der Waals surface area contributed by atoms with Crippen LogP contribution in [0.3, 0.4) is 0 Å². The van der Waals surface area contributed by atoms with E-state index < -0.39 is 29.5 Å². The van der Waals surface area contributed by atoms with Crippen LogP contribution in [0.5, 0.6) is 0 Å². The smallest absolute Gasteiger partial charge is 0.242 e. The molecule has 1 saturated carbocycles. The lowest BCUT2D eigenvalue weighted by Gasteiger charge is -2.26. The van der Waals surface area contributed by atoms with Gasteiger partial charge in [0, 0.05) is 13.1 Å². The molecule has 0 spiro atoms. The summed E-state index contributed by atoms with van der Waals surface area (Å²) in [5, 5.41) is 7.98. The summed E-state index contributed by atoms with van der Waals surface area (Å²) in [6.07, 6.45) is 6.79. The number of allylic oxidation sites excluding steroid dienone is 1. The predicted octanol–water partition coefficient (Wildman–Crippen LogP) is 1.58. The molecule has 3 aliphatic rings. The first-order chi connectivity index (χ1) is 17.7. The van der Waals surface area contributed by atoms with Crippen molar-refractivity contribution in [2.75, 3.05) is 46.0 Å². The molecule has 2 aliphatic heterocycles. The Morgan fingerprint density at radius 3 is 2.19 bits per heavy atom. The van der Waals surface area contributed by atoms with Gasteiger partial charge in [-0.25, -0.2) is 0 Å². The van der Waals surface area contributed by atoms with Gasteiger partial charge >= 0.3 is 0 Å². The van der Waals surface area contributed by atoms with E-state index in [1.165, 1.54) is 0 Å². The van der Waals surface area contributed by atoms with Crippen molar-refractivity contribution in [3.05, 3.63) is 12.7 Å². The Bertz CT molecular complexity index is 743. The molecule has 10 nitrogen and oxygen atoms in total. The van der Waals surface area contributed by atoms with Crippen molar-refractivity contribution >= 4 is 23.5 Å². The number of nitrogens with one attached hydrogen (secondary N) is 3. The second kappa shape index (κ2) is 17.3. The molecule has 2 saturated heterocycles. The van der Waals surface area contributed by atoms with Crippen molar-refractivity contribution in [1.82, 2.24) is 20.9 Å². The molecule has 37 heavy (non-hydrogen) atoms. The Balaban J connectivity index is 0.00000127. The van der Waals surface area contributed by atoms with Crippen molar-refractivity contribution in [3.8, 4) is 0 Å². The number of hydrogen-bond donors (Lipinski definition) is 3. The molecular formula is C27H48N4O6. The van der Waals surface area contributed by atoms with Gasteiger partial charge in [-0.15, -0.1) is 6.58 Å². The third-order valence-corrected chi connectivity index (χ3v) is 6.46. The molecule has 1 aliphatic carbocycles. The lowest BCUT2D eigenvalue weighted by Crippen LogP contribution is -2.52. The van der Waals surface area contributed by atoms with Gasteiger partial charge in [0.1, 0.15) is 11.6 Å². The Kier molecular flexibility index (Phi) is 15.3. The van der Waals surface area contributed by atoms with Crippen LogP contribution in [-0.2, 0) is 28.7 Å². The molecule has 3 N–H and O–H groups in total. The molecule has 0 aromatic carbocycles. The van der Waals surface area contributed by atoms with Gasteiger partial charge in [-0.05, 0) is 33.1 Å². The molecule has 0 aromatic rings. The second-order valence-corrected chi connectivity index (χ2v) is 9.69. The van der Waals surface area contributed by atoms with Crippen LogP contribution in [-0.4, -0.2) is 92.1 Å². The SMILES string of the molecule is C=CC.CC.CC(NC(=O)CN1CCOCC1)C(=O)NCC(=O)NC(CC1CCCC1)C(=O)C1(C)CO1. The normalized spacial score (nSPS) is 22.6. The molecule has 3 rings (SSSR count). The molecule has 0 radical (unpaired) electrons. The van der Waals surface area contributed by atoms with Crippen LogP contribution in [0.2, 0.25) is 0 Å².